The van der Waals surface area contributed by atoms with Crippen LogP contribution in [0.1, 0.15) is 30.9 Å². The van der Waals surface area contributed by atoms with Crippen molar-refractivity contribution in [2.24, 2.45) is 29.6 Å². The second kappa shape index (κ2) is 6.40. The highest BCUT2D eigenvalue weighted by Gasteiger charge is 2.59. The minimum atomic E-state index is -0.202. The van der Waals surface area contributed by atoms with Gasteiger partial charge in [-0.05, 0) is 36.7 Å². The molecule has 3 amide bonds. The van der Waals surface area contributed by atoms with Gasteiger partial charge in [0.05, 0.1) is 11.8 Å². The molecule has 156 valence electrons. The number of imide groups is 1. The maximum atomic E-state index is 13.0. The summed E-state index contributed by atoms with van der Waals surface area (Å²) < 4.78 is 1.85. The van der Waals surface area contributed by atoms with Crippen LogP contribution < -0.4 is 5.56 Å². The van der Waals surface area contributed by atoms with Crippen molar-refractivity contribution in [2.45, 2.75) is 31.7 Å². The number of hydrogen-bond donors (Lipinski definition) is 0. The molecule has 0 aromatic carbocycles. The van der Waals surface area contributed by atoms with E-state index in [0.29, 0.717) is 19.6 Å². The molecule has 0 radical (unpaired) electrons. The fourth-order valence-electron chi connectivity index (χ4n) is 6.65. The Morgan fingerprint density at radius 3 is 2.40 bits per heavy atom. The second-order valence-corrected chi connectivity index (χ2v) is 9.57. The summed E-state index contributed by atoms with van der Waals surface area (Å²) in [4.78, 5) is 54.0. The highest BCUT2D eigenvalue weighted by atomic mass is 16.2. The molecule has 4 heterocycles. The van der Waals surface area contributed by atoms with Crippen LogP contribution in [0.15, 0.2) is 35.1 Å². The summed E-state index contributed by atoms with van der Waals surface area (Å²) in [6.07, 6.45) is 6.26. The van der Waals surface area contributed by atoms with E-state index in [1.807, 2.05) is 15.5 Å². The molecule has 4 bridgehead atoms. The minimum absolute atomic E-state index is 0.00446. The first kappa shape index (κ1) is 18.1. The summed E-state index contributed by atoms with van der Waals surface area (Å²) >= 11 is 0. The number of pyridine rings is 1. The van der Waals surface area contributed by atoms with E-state index >= 15 is 0 Å². The van der Waals surface area contributed by atoms with E-state index < -0.39 is 0 Å². The van der Waals surface area contributed by atoms with Crippen molar-refractivity contribution in [3.8, 4) is 0 Å². The lowest BCUT2D eigenvalue weighted by atomic mass is 9.83. The SMILES string of the molecule is O=C(CCN1C(=O)C2C(C1=O)[C@H]1C=C[C@@H]2C1)N1C[C@@H]2C[C@H](C1)c1cccc(=O)n1C2. The number of rotatable bonds is 3. The Labute approximate surface area is 174 Å². The molecule has 7 heteroatoms. The molecule has 0 spiro atoms. The van der Waals surface area contributed by atoms with Gasteiger partial charge in [0, 0.05) is 50.3 Å². The zero-order valence-corrected chi connectivity index (χ0v) is 16.8. The van der Waals surface area contributed by atoms with Gasteiger partial charge in [0.25, 0.3) is 5.56 Å². The van der Waals surface area contributed by atoms with Crippen molar-refractivity contribution < 1.29 is 14.4 Å². The molecule has 2 unspecified atom stereocenters. The van der Waals surface area contributed by atoms with Crippen molar-refractivity contribution in [1.82, 2.24) is 14.4 Å². The molecule has 1 saturated carbocycles. The number of fused-ring (bicyclic) bond motifs is 9. The third kappa shape index (κ3) is 2.50. The van der Waals surface area contributed by atoms with Gasteiger partial charge >= 0.3 is 0 Å². The number of carbonyl (C=O) groups is 3. The first-order valence-electron chi connectivity index (χ1n) is 11.0. The normalized spacial score (nSPS) is 35.7. The zero-order valence-electron chi connectivity index (χ0n) is 16.8. The lowest BCUT2D eigenvalue weighted by Crippen LogP contribution is -2.49. The van der Waals surface area contributed by atoms with Crippen molar-refractivity contribution >= 4 is 17.7 Å². The number of piperidine rings is 1. The molecule has 6 atom stereocenters. The Morgan fingerprint density at radius 2 is 1.67 bits per heavy atom. The predicted molar refractivity (Wildman–Crippen MR) is 107 cm³/mol. The number of likely N-dealkylation sites (tertiary alicyclic amines) is 2. The minimum Gasteiger partial charge on any atom is -0.342 e. The Kier molecular flexibility index (Phi) is 3.86. The largest absolute Gasteiger partial charge is 0.342 e. The van der Waals surface area contributed by atoms with E-state index in [0.717, 1.165) is 18.5 Å². The third-order valence-corrected chi connectivity index (χ3v) is 7.94. The van der Waals surface area contributed by atoms with E-state index in [4.69, 9.17) is 0 Å². The van der Waals surface area contributed by atoms with E-state index in [1.165, 1.54) is 4.90 Å². The molecule has 7 nitrogen and oxygen atoms in total. The summed E-state index contributed by atoms with van der Waals surface area (Å²) in [5, 5.41) is 0. The molecule has 2 aliphatic carbocycles. The summed E-state index contributed by atoms with van der Waals surface area (Å²) in [6, 6.07) is 5.37. The van der Waals surface area contributed by atoms with Crippen LogP contribution in [-0.2, 0) is 20.9 Å². The summed E-state index contributed by atoms with van der Waals surface area (Å²) in [5.41, 5.74) is 1.04. The van der Waals surface area contributed by atoms with Gasteiger partial charge in [0.1, 0.15) is 0 Å². The Bertz CT molecular complexity index is 1010. The Morgan fingerprint density at radius 1 is 0.933 bits per heavy atom. The van der Waals surface area contributed by atoms with Gasteiger partial charge in [-0.1, -0.05) is 18.2 Å². The lowest BCUT2D eigenvalue weighted by Gasteiger charge is -2.42. The average molecular weight is 407 g/mol. The zero-order chi connectivity index (χ0) is 20.6. The predicted octanol–water partition coefficient (Wildman–Crippen LogP) is 0.991. The number of nitrogens with zero attached hydrogens (tertiary/aromatic N) is 3. The fourth-order valence-corrected chi connectivity index (χ4v) is 6.65. The van der Waals surface area contributed by atoms with E-state index in [-0.39, 0.29) is 71.8 Å². The lowest BCUT2D eigenvalue weighted by molar-refractivity contribution is -0.142. The second-order valence-electron chi connectivity index (χ2n) is 9.57. The van der Waals surface area contributed by atoms with Crippen LogP contribution in [0.3, 0.4) is 0 Å². The monoisotopic (exact) mass is 407 g/mol. The first-order valence-corrected chi connectivity index (χ1v) is 11.0. The van der Waals surface area contributed by atoms with Crippen molar-refractivity contribution in [1.29, 1.82) is 0 Å². The van der Waals surface area contributed by atoms with Gasteiger partial charge in [0.15, 0.2) is 0 Å². The topological polar surface area (TPSA) is 79.7 Å². The maximum Gasteiger partial charge on any atom is 0.250 e. The van der Waals surface area contributed by atoms with Crippen LogP contribution in [0.4, 0.5) is 0 Å². The fraction of sp³-hybridized carbons (Fsp3) is 0.565. The van der Waals surface area contributed by atoms with Gasteiger partial charge in [-0.15, -0.1) is 0 Å². The van der Waals surface area contributed by atoms with Crippen LogP contribution in [0, 0.1) is 29.6 Å². The number of amides is 3. The van der Waals surface area contributed by atoms with E-state index in [1.54, 1.807) is 12.1 Å². The maximum absolute atomic E-state index is 13.0. The van der Waals surface area contributed by atoms with E-state index in [2.05, 4.69) is 12.2 Å². The number of carbonyl (C=O) groups excluding carboxylic acids is 3. The molecule has 3 aliphatic heterocycles. The molecule has 6 rings (SSSR count). The summed E-state index contributed by atoms with van der Waals surface area (Å²) in [7, 11) is 0. The van der Waals surface area contributed by atoms with Crippen LogP contribution in [0.2, 0.25) is 0 Å². The van der Waals surface area contributed by atoms with Crippen molar-refractivity contribution in [3.05, 3.63) is 46.4 Å². The number of hydrogen-bond acceptors (Lipinski definition) is 4. The van der Waals surface area contributed by atoms with Crippen LogP contribution >= 0.6 is 0 Å². The van der Waals surface area contributed by atoms with Gasteiger partial charge in [-0.25, -0.2) is 0 Å². The number of aromatic nitrogens is 1. The van der Waals surface area contributed by atoms with Gasteiger partial charge in [-0.2, -0.15) is 0 Å². The van der Waals surface area contributed by atoms with E-state index in [9.17, 15) is 19.2 Å². The molecular formula is C23H25N3O4. The van der Waals surface area contributed by atoms with Gasteiger partial charge in [-0.3, -0.25) is 24.1 Å². The average Bonchev–Trinajstić information content (AvgIpc) is 3.41. The molecule has 5 aliphatic rings. The standard InChI is InChI=1S/C23H25N3O4/c27-18(6-7-25-22(29)20-14-4-5-15(9-14)21(20)23(25)30)24-10-13-8-16(12-24)17-2-1-3-19(28)26(17)11-13/h1-5,13-16,20-21H,6-12H2/t13-,14-,15+,16+,20?,21?/m0/s1. The quantitative estimate of drug-likeness (QED) is 0.553. The smallest absolute Gasteiger partial charge is 0.250 e. The molecule has 30 heavy (non-hydrogen) atoms. The third-order valence-electron chi connectivity index (χ3n) is 7.94. The van der Waals surface area contributed by atoms with Crippen LogP contribution in [0.5, 0.6) is 0 Å². The molecular weight excluding hydrogens is 382 g/mol. The molecule has 3 fully saturated rings. The Hall–Kier alpha value is -2.70. The van der Waals surface area contributed by atoms with Crippen molar-refractivity contribution in [3.63, 3.8) is 0 Å². The van der Waals surface area contributed by atoms with Crippen LogP contribution in [-0.4, -0.2) is 51.7 Å². The Balaban J connectivity index is 1.13. The summed E-state index contributed by atoms with van der Waals surface area (Å²) in [6.45, 7) is 2.07. The van der Waals surface area contributed by atoms with Crippen LogP contribution in [0.25, 0.3) is 0 Å². The molecule has 1 aromatic rings. The van der Waals surface area contributed by atoms with Gasteiger partial charge < -0.3 is 9.47 Å². The highest BCUT2D eigenvalue weighted by Crippen LogP contribution is 2.52. The van der Waals surface area contributed by atoms with Crippen molar-refractivity contribution in [2.75, 3.05) is 19.6 Å². The number of allylic oxidation sites excluding steroid dienone is 2. The van der Waals surface area contributed by atoms with Gasteiger partial charge in [0.2, 0.25) is 17.7 Å². The first-order chi connectivity index (χ1) is 14.5. The molecule has 1 aromatic heterocycles. The molecule has 2 saturated heterocycles. The highest BCUT2D eigenvalue weighted by molar-refractivity contribution is 6.06. The summed E-state index contributed by atoms with van der Waals surface area (Å²) in [5.74, 6) is 0.262. The molecule has 0 N–H and O–H groups in total.